The second-order valence-electron chi connectivity index (χ2n) is 13.7. The Labute approximate surface area is 319 Å². The second-order valence-corrected chi connectivity index (χ2v) is 14.8. The van der Waals surface area contributed by atoms with E-state index in [2.05, 4.69) is 217 Å². The quantitative estimate of drug-likeness (QED) is 0.160. The van der Waals surface area contributed by atoms with Gasteiger partial charge in [-0.15, -0.1) is 11.3 Å². The van der Waals surface area contributed by atoms with Crippen molar-refractivity contribution in [3.63, 3.8) is 0 Å². The lowest BCUT2D eigenvalue weighted by Gasteiger charge is -2.27. The van der Waals surface area contributed by atoms with E-state index in [1.54, 1.807) is 0 Å². The molecule has 1 aromatic heterocycles. The van der Waals surface area contributed by atoms with Crippen molar-refractivity contribution in [3.8, 4) is 44.5 Å². The first-order valence-electron chi connectivity index (χ1n) is 18.4. The summed E-state index contributed by atoms with van der Waals surface area (Å²) in [6, 6.07) is 77.0. The number of thiophene rings is 1. The van der Waals surface area contributed by atoms with Crippen LogP contribution in [0.4, 0.5) is 17.1 Å². The van der Waals surface area contributed by atoms with Crippen LogP contribution in [-0.4, -0.2) is 0 Å². The van der Waals surface area contributed by atoms with E-state index >= 15 is 0 Å². The Morgan fingerprint density at radius 3 is 1.31 bits per heavy atom. The van der Waals surface area contributed by atoms with E-state index in [-0.39, 0.29) is 0 Å². The number of hydrogen-bond acceptors (Lipinski definition) is 2. The number of rotatable bonds is 7. The number of fused-ring (bicyclic) bond motifs is 5. The van der Waals surface area contributed by atoms with Gasteiger partial charge in [-0.1, -0.05) is 176 Å². The Kier molecular flexibility index (Phi) is 8.09. The molecule has 0 radical (unpaired) electrons. The van der Waals surface area contributed by atoms with Crippen molar-refractivity contribution in [1.29, 1.82) is 0 Å². The maximum absolute atomic E-state index is 2.43. The summed E-state index contributed by atoms with van der Waals surface area (Å²) >= 11 is 1.89. The predicted octanol–water partition coefficient (Wildman–Crippen LogP) is 15.3. The van der Waals surface area contributed by atoms with Gasteiger partial charge in [-0.2, -0.15) is 0 Å². The zero-order valence-electron chi connectivity index (χ0n) is 29.6. The van der Waals surface area contributed by atoms with Gasteiger partial charge in [-0.25, -0.2) is 0 Å². The maximum Gasteiger partial charge on any atom is 0.0554 e. The van der Waals surface area contributed by atoms with Crippen molar-refractivity contribution in [2.24, 2.45) is 0 Å². The Bertz CT molecular complexity index is 2880. The molecule has 0 aliphatic heterocycles. The number of anilines is 3. The number of hydrogen-bond donors (Lipinski definition) is 0. The molecule has 254 valence electrons. The molecule has 0 fully saturated rings. The summed E-state index contributed by atoms with van der Waals surface area (Å²) in [6.45, 7) is 0. The lowest BCUT2D eigenvalue weighted by atomic mass is 9.97. The monoisotopic (exact) mass is 705 g/mol. The molecule has 10 rings (SSSR count). The van der Waals surface area contributed by atoms with Crippen LogP contribution in [0.25, 0.3) is 75.5 Å². The predicted molar refractivity (Wildman–Crippen MR) is 233 cm³/mol. The highest BCUT2D eigenvalue weighted by atomic mass is 32.1. The van der Waals surface area contributed by atoms with Gasteiger partial charge < -0.3 is 4.90 Å². The minimum absolute atomic E-state index is 1.11. The second kappa shape index (κ2) is 13.7. The highest BCUT2D eigenvalue weighted by Gasteiger charge is 2.20. The SMILES string of the molecule is c1ccc(-c2ccc(-c3ccc(N(c4ccc(-c5ccccc5)cc4)c4cccc5ccc6c(sc7cccc(-c8ccccc8)c76)c45)cc3)cc2)cc1. The van der Waals surface area contributed by atoms with Gasteiger partial charge in [-0.05, 0) is 86.3 Å². The average molecular weight is 706 g/mol. The van der Waals surface area contributed by atoms with Crippen LogP contribution in [0.1, 0.15) is 0 Å². The third kappa shape index (κ3) is 5.74. The van der Waals surface area contributed by atoms with Gasteiger partial charge in [0, 0.05) is 36.9 Å². The summed E-state index contributed by atoms with van der Waals surface area (Å²) in [6.07, 6.45) is 0. The zero-order valence-corrected chi connectivity index (χ0v) is 30.4. The van der Waals surface area contributed by atoms with Crippen LogP contribution >= 0.6 is 11.3 Å². The Hall–Kier alpha value is -6.74. The molecular weight excluding hydrogens is 671 g/mol. The van der Waals surface area contributed by atoms with E-state index in [1.807, 2.05) is 11.3 Å². The van der Waals surface area contributed by atoms with Crippen LogP contribution in [0.5, 0.6) is 0 Å². The van der Waals surface area contributed by atoms with Gasteiger partial charge in [0.1, 0.15) is 0 Å². The first kappa shape index (κ1) is 32.0. The summed E-state index contributed by atoms with van der Waals surface area (Å²) in [5, 5.41) is 5.11. The van der Waals surface area contributed by atoms with Crippen LogP contribution in [-0.2, 0) is 0 Å². The maximum atomic E-state index is 2.43. The van der Waals surface area contributed by atoms with Crippen molar-refractivity contribution in [2.75, 3.05) is 4.90 Å². The van der Waals surface area contributed by atoms with Crippen molar-refractivity contribution in [2.45, 2.75) is 0 Å². The lowest BCUT2D eigenvalue weighted by molar-refractivity contribution is 1.30. The Morgan fingerprint density at radius 2 is 0.778 bits per heavy atom. The highest BCUT2D eigenvalue weighted by molar-refractivity contribution is 7.26. The van der Waals surface area contributed by atoms with Crippen LogP contribution in [0.15, 0.2) is 212 Å². The fourth-order valence-corrected chi connectivity index (χ4v) is 9.12. The van der Waals surface area contributed by atoms with E-state index in [1.165, 1.54) is 81.1 Å². The van der Waals surface area contributed by atoms with Gasteiger partial charge in [0.05, 0.1) is 5.69 Å². The molecule has 9 aromatic carbocycles. The minimum atomic E-state index is 1.11. The molecule has 0 unspecified atom stereocenters. The highest BCUT2D eigenvalue weighted by Crippen LogP contribution is 2.48. The van der Waals surface area contributed by atoms with E-state index in [4.69, 9.17) is 0 Å². The van der Waals surface area contributed by atoms with Crippen LogP contribution in [0.3, 0.4) is 0 Å². The average Bonchev–Trinajstić information content (AvgIpc) is 3.65. The standard InChI is InChI=1S/C52H35NS/c1-4-12-36(13-5-1)38-22-24-39(25-23-38)41-28-33-45(34-29-41)53(44-31-26-40(27-32-44)37-14-6-2-7-15-37)48-20-10-18-43-30-35-47-51-46(42-16-8-3-9-17-42)19-11-21-49(51)54-52(47)50(43)48/h1-35H. The van der Waals surface area contributed by atoms with Gasteiger partial charge in [-0.3, -0.25) is 0 Å². The first-order chi connectivity index (χ1) is 26.8. The molecule has 0 amide bonds. The molecule has 2 heteroatoms. The molecule has 1 nitrogen and oxygen atoms in total. The molecule has 0 N–H and O–H groups in total. The normalized spacial score (nSPS) is 11.3. The molecule has 0 atom stereocenters. The molecule has 0 aliphatic rings. The fraction of sp³-hybridized carbons (Fsp3) is 0. The molecular formula is C52H35NS. The topological polar surface area (TPSA) is 3.24 Å². The number of nitrogens with zero attached hydrogens (tertiary/aromatic N) is 1. The van der Waals surface area contributed by atoms with Crippen molar-refractivity contribution < 1.29 is 0 Å². The van der Waals surface area contributed by atoms with E-state index in [0.29, 0.717) is 0 Å². The van der Waals surface area contributed by atoms with Crippen molar-refractivity contribution in [3.05, 3.63) is 212 Å². The van der Waals surface area contributed by atoms with Gasteiger partial charge in [0.2, 0.25) is 0 Å². The van der Waals surface area contributed by atoms with Crippen LogP contribution in [0.2, 0.25) is 0 Å². The fourth-order valence-electron chi connectivity index (χ4n) is 7.83. The zero-order chi connectivity index (χ0) is 35.8. The molecule has 0 spiro atoms. The Balaban J connectivity index is 1.13. The third-order valence-electron chi connectivity index (χ3n) is 10.5. The van der Waals surface area contributed by atoms with Crippen LogP contribution in [0, 0.1) is 0 Å². The van der Waals surface area contributed by atoms with Crippen molar-refractivity contribution >= 4 is 59.3 Å². The van der Waals surface area contributed by atoms with Crippen molar-refractivity contribution in [1.82, 2.24) is 0 Å². The summed E-state index contributed by atoms with van der Waals surface area (Å²) in [4.78, 5) is 2.43. The molecule has 0 saturated heterocycles. The first-order valence-corrected chi connectivity index (χ1v) is 19.2. The van der Waals surface area contributed by atoms with Gasteiger partial charge >= 0.3 is 0 Å². The Morgan fingerprint density at radius 1 is 0.315 bits per heavy atom. The summed E-state index contributed by atoms with van der Waals surface area (Å²) in [5.74, 6) is 0. The van der Waals surface area contributed by atoms with Gasteiger partial charge in [0.15, 0.2) is 0 Å². The van der Waals surface area contributed by atoms with Crippen LogP contribution < -0.4 is 4.90 Å². The molecule has 10 aromatic rings. The lowest BCUT2D eigenvalue weighted by Crippen LogP contribution is -2.10. The van der Waals surface area contributed by atoms with Gasteiger partial charge in [0.25, 0.3) is 0 Å². The van der Waals surface area contributed by atoms with E-state index in [0.717, 1.165) is 11.4 Å². The smallest absolute Gasteiger partial charge is 0.0554 e. The molecule has 1 heterocycles. The summed E-state index contributed by atoms with van der Waals surface area (Å²) < 4.78 is 2.61. The summed E-state index contributed by atoms with van der Waals surface area (Å²) in [5.41, 5.74) is 13.2. The number of benzene rings is 9. The molecule has 0 saturated carbocycles. The molecule has 0 aliphatic carbocycles. The molecule has 0 bridgehead atoms. The summed E-state index contributed by atoms with van der Waals surface area (Å²) in [7, 11) is 0. The largest absolute Gasteiger partial charge is 0.310 e. The van der Waals surface area contributed by atoms with E-state index in [9.17, 15) is 0 Å². The molecule has 54 heavy (non-hydrogen) atoms. The minimum Gasteiger partial charge on any atom is -0.310 e. The van der Waals surface area contributed by atoms with E-state index < -0.39 is 0 Å². The third-order valence-corrected chi connectivity index (χ3v) is 11.7.